The SMILES string of the molecule is N#Cc1ccccc1S(=O)(=O)N1CCN(S(=O)(=O)c2ccc(Cl)c(Cl)c2)CC1. The van der Waals surface area contributed by atoms with Crippen LogP contribution in [-0.4, -0.2) is 51.6 Å². The fourth-order valence-corrected chi connectivity index (χ4v) is 6.24. The lowest BCUT2D eigenvalue weighted by molar-refractivity contribution is 0.273. The topological polar surface area (TPSA) is 98.5 Å². The van der Waals surface area contributed by atoms with Gasteiger partial charge in [0.05, 0.1) is 25.4 Å². The minimum atomic E-state index is -3.90. The summed E-state index contributed by atoms with van der Waals surface area (Å²) in [6, 6.07) is 11.8. The molecule has 0 aromatic heterocycles. The molecule has 11 heteroatoms. The highest BCUT2D eigenvalue weighted by Gasteiger charge is 2.34. The molecule has 1 heterocycles. The van der Waals surface area contributed by atoms with E-state index < -0.39 is 20.0 Å². The van der Waals surface area contributed by atoms with Crippen molar-refractivity contribution >= 4 is 43.2 Å². The molecule has 2 aromatic carbocycles. The van der Waals surface area contributed by atoms with Crippen LogP contribution in [-0.2, 0) is 20.0 Å². The Balaban J connectivity index is 1.80. The molecule has 0 N–H and O–H groups in total. The number of piperazine rings is 1. The third kappa shape index (κ3) is 3.89. The average Bonchev–Trinajstić information content (AvgIpc) is 2.70. The molecule has 1 fully saturated rings. The molecule has 0 spiro atoms. The molecule has 7 nitrogen and oxygen atoms in total. The zero-order valence-corrected chi connectivity index (χ0v) is 17.6. The van der Waals surface area contributed by atoms with Crippen LogP contribution in [0.1, 0.15) is 5.56 Å². The van der Waals surface area contributed by atoms with Crippen LogP contribution in [0.15, 0.2) is 52.3 Å². The number of hydrogen-bond donors (Lipinski definition) is 0. The van der Waals surface area contributed by atoms with Gasteiger partial charge in [-0.25, -0.2) is 16.8 Å². The van der Waals surface area contributed by atoms with Crippen LogP contribution in [0.2, 0.25) is 10.0 Å². The van der Waals surface area contributed by atoms with Gasteiger partial charge in [-0.1, -0.05) is 35.3 Å². The van der Waals surface area contributed by atoms with Crippen molar-refractivity contribution in [1.29, 1.82) is 5.26 Å². The zero-order chi connectivity index (χ0) is 20.5. The summed E-state index contributed by atoms with van der Waals surface area (Å²) < 4.78 is 53.7. The molecule has 28 heavy (non-hydrogen) atoms. The van der Waals surface area contributed by atoms with Crippen LogP contribution >= 0.6 is 23.2 Å². The van der Waals surface area contributed by atoms with E-state index in [4.69, 9.17) is 28.5 Å². The van der Waals surface area contributed by atoms with Gasteiger partial charge in [-0.05, 0) is 30.3 Å². The average molecular weight is 460 g/mol. The Morgan fingerprint density at radius 3 is 1.96 bits per heavy atom. The molecule has 0 radical (unpaired) electrons. The zero-order valence-electron chi connectivity index (χ0n) is 14.4. The Bertz CT molecular complexity index is 1150. The van der Waals surface area contributed by atoms with E-state index in [1.54, 1.807) is 12.1 Å². The first kappa shape index (κ1) is 21.0. The van der Waals surface area contributed by atoms with E-state index in [-0.39, 0.29) is 51.6 Å². The summed E-state index contributed by atoms with van der Waals surface area (Å²) in [6.07, 6.45) is 0. The quantitative estimate of drug-likeness (QED) is 0.699. The third-order valence-electron chi connectivity index (χ3n) is 4.35. The van der Waals surface area contributed by atoms with Crippen LogP contribution in [0, 0.1) is 11.3 Å². The van der Waals surface area contributed by atoms with Gasteiger partial charge in [0.15, 0.2) is 0 Å². The van der Waals surface area contributed by atoms with Crippen molar-refractivity contribution in [3.05, 3.63) is 58.1 Å². The molecule has 0 aliphatic carbocycles. The van der Waals surface area contributed by atoms with Crippen LogP contribution in [0.4, 0.5) is 0 Å². The molecule has 0 amide bonds. The van der Waals surface area contributed by atoms with E-state index in [1.807, 2.05) is 6.07 Å². The van der Waals surface area contributed by atoms with E-state index in [0.29, 0.717) is 0 Å². The summed E-state index contributed by atoms with van der Waals surface area (Å²) in [5.41, 5.74) is 0.0494. The van der Waals surface area contributed by atoms with Gasteiger partial charge in [0.2, 0.25) is 20.0 Å². The second kappa shape index (κ2) is 7.99. The summed E-state index contributed by atoms with van der Waals surface area (Å²) in [6.45, 7) is -0.0850. The molecule has 0 bridgehead atoms. The molecule has 3 rings (SSSR count). The first-order valence-electron chi connectivity index (χ1n) is 8.12. The Hall–Kier alpha value is -1.67. The Kier molecular flexibility index (Phi) is 6.00. The normalized spacial score (nSPS) is 16.6. The van der Waals surface area contributed by atoms with Crippen molar-refractivity contribution in [2.75, 3.05) is 26.2 Å². The highest BCUT2D eigenvalue weighted by Crippen LogP contribution is 2.28. The highest BCUT2D eigenvalue weighted by molar-refractivity contribution is 7.89. The first-order valence-corrected chi connectivity index (χ1v) is 11.8. The maximum Gasteiger partial charge on any atom is 0.244 e. The summed E-state index contributed by atoms with van der Waals surface area (Å²) in [5, 5.41) is 9.52. The van der Waals surface area contributed by atoms with Crippen molar-refractivity contribution in [2.45, 2.75) is 9.79 Å². The van der Waals surface area contributed by atoms with Gasteiger partial charge < -0.3 is 0 Å². The molecule has 2 aromatic rings. The summed E-state index contributed by atoms with van der Waals surface area (Å²) >= 11 is 11.7. The van der Waals surface area contributed by atoms with E-state index in [0.717, 1.165) is 0 Å². The van der Waals surface area contributed by atoms with Crippen molar-refractivity contribution in [2.24, 2.45) is 0 Å². The molecule has 0 atom stereocenters. The van der Waals surface area contributed by atoms with Gasteiger partial charge in [0.1, 0.15) is 6.07 Å². The van der Waals surface area contributed by atoms with Gasteiger partial charge in [-0.2, -0.15) is 13.9 Å². The monoisotopic (exact) mass is 459 g/mol. The predicted octanol–water partition coefficient (Wildman–Crippen LogP) is 2.56. The minimum Gasteiger partial charge on any atom is -0.207 e. The van der Waals surface area contributed by atoms with Gasteiger partial charge in [-0.3, -0.25) is 0 Å². The molecule has 1 aliphatic heterocycles. The molecular formula is C17H15Cl2N3O4S2. The number of benzene rings is 2. The number of rotatable bonds is 4. The van der Waals surface area contributed by atoms with Gasteiger partial charge in [0.25, 0.3) is 0 Å². The van der Waals surface area contributed by atoms with E-state index in [2.05, 4.69) is 0 Å². The Morgan fingerprint density at radius 1 is 0.821 bits per heavy atom. The number of sulfonamides is 2. The fourth-order valence-electron chi connectivity index (χ4n) is 2.86. The summed E-state index contributed by atoms with van der Waals surface area (Å²) in [5.74, 6) is 0. The number of hydrogen-bond acceptors (Lipinski definition) is 5. The number of nitriles is 1. The fraction of sp³-hybridized carbons (Fsp3) is 0.235. The van der Waals surface area contributed by atoms with Crippen LogP contribution in [0.3, 0.4) is 0 Å². The molecular weight excluding hydrogens is 445 g/mol. The lowest BCUT2D eigenvalue weighted by atomic mass is 10.2. The van der Waals surface area contributed by atoms with Crippen molar-refractivity contribution < 1.29 is 16.8 Å². The van der Waals surface area contributed by atoms with Crippen LogP contribution in [0.5, 0.6) is 0 Å². The number of nitrogens with zero attached hydrogens (tertiary/aromatic N) is 3. The Labute approximate surface area is 173 Å². The van der Waals surface area contributed by atoms with E-state index >= 15 is 0 Å². The third-order valence-corrected chi connectivity index (χ3v) is 8.94. The standard InChI is InChI=1S/C17H15Cl2N3O4S2/c18-15-6-5-14(11-16(15)19)27(23,24)21-7-9-22(10-8-21)28(25,26)17-4-2-1-3-13(17)12-20/h1-6,11H,7-10H2. The van der Waals surface area contributed by atoms with Gasteiger partial charge >= 0.3 is 0 Å². The lowest BCUT2D eigenvalue weighted by Crippen LogP contribution is -2.50. The van der Waals surface area contributed by atoms with E-state index in [1.165, 1.54) is 38.9 Å². The summed E-state index contributed by atoms with van der Waals surface area (Å²) in [7, 11) is -7.73. The Morgan fingerprint density at radius 2 is 1.39 bits per heavy atom. The predicted molar refractivity (Wildman–Crippen MR) is 105 cm³/mol. The minimum absolute atomic E-state index is 0.00645. The lowest BCUT2D eigenvalue weighted by Gasteiger charge is -2.33. The molecule has 0 unspecified atom stereocenters. The van der Waals surface area contributed by atoms with Crippen LogP contribution < -0.4 is 0 Å². The molecule has 1 aliphatic rings. The smallest absolute Gasteiger partial charge is 0.207 e. The second-order valence-corrected chi connectivity index (χ2v) is 10.7. The summed E-state index contributed by atoms with van der Waals surface area (Å²) in [4.78, 5) is -0.0914. The van der Waals surface area contributed by atoms with Crippen LogP contribution in [0.25, 0.3) is 0 Å². The van der Waals surface area contributed by atoms with E-state index in [9.17, 15) is 16.8 Å². The molecule has 148 valence electrons. The number of halogens is 2. The molecule has 1 saturated heterocycles. The van der Waals surface area contributed by atoms with Gasteiger partial charge in [0, 0.05) is 26.2 Å². The van der Waals surface area contributed by atoms with Crippen molar-refractivity contribution in [3.63, 3.8) is 0 Å². The molecule has 0 saturated carbocycles. The van der Waals surface area contributed by atoms with Crippen molar-refractivity contribution in [3.8, 4) is 6.07 Å². The largest absolute Gasteiger partial charge is 0.244 e. The highest BCUT2D eigenvalue weighted by atomic mass is 35.5. The maximum absolute atomic E-state index is 12.9. The van der Waals surface area contributed by atoms with Gasteiger partial charge in [-0.15, -0.1) is 0 Å². The maximum atomic E-state index is 12.9. The first-order chi connectivity index (χ1) is 13.2. The second-order valence-electron chi connectivity index (χ2n) is 5.99. The van der Waals surface area contributed by atoms with Crippen molar-refractivity contribution in [1.82, 2.24) is 8.61 Å².